The van der Waals surface area contributed by atoms with Crippen LogP contribution in [0.1, 0.15) is 33.9 Å². The van der Waals surface area contributed by atoms with Crippen molar-refractivity contribution in [2.24, 2.45) is 0 Å². The van der Waals surface area contributed by atoms with Gasteiger partial charge in [0.2, 0.25) is 0 Å². The molecule has 0 spiro atoms. The van der Waals surface area contributed by atoms with Crippen LogP contribution in [0, 0.1) is 0 Å². The highest BCUT2D eigenvalue weighted by Gasteiger charge is 2.35. The number of benzene rings is 3. The Balaban J connectivity index is 1.68. The summed E-state index contributed by atoms with van der Waals surface area (Å²) in [5.41, 5.74) is 8.63. The van der Waals surface area contributed by atoms with E-state index in [1.165, 1.54) is 61.3 Å². The van der Waals surface area contributed by atoms with Crippen LogP contribution in [0.4, 0.5) is 5.69 Å². The van der Waals surface area contributed by atoms with Crippen LogP contribution in [0.2, 0.25) is 0 Å². The average molecular weight is 353 g/mol. The smallest absolute Gasteiger partial charge is 0.0467 e. The highest BCUT2D eigenvalue weighted by atomic mass is 32.1. The third-order valence-electron chi connectivity index (χ3n) is 5.84. The number of thiophene rings is 1. The van der Waals surface area contributed by atoms with Crippen LogP contribution >= 0.6 is 11.3 Å². The molecule has 0 bridgehead atoms. The number of hydrogen-bond donors (Lipinski definition) is 1. The lowest BCUT2D eigenvalue weighted by Crippen LogP contribution is -2.15. The summed E-state index contributed by atoms with van der Waals surface area (Å²) in [7, 11) is 0. The number of fused-ring (bicyclic) bond motifs is 6. The third-order valence-corrected chi connectivity index (χ3v) is 7.08. The van der Waals surface area contributed by atoms with Gasteiger partial charge >= 0.3 is 0 Å². The molecule has 3 aromatic carbocycles. The topological polar surface area (TPSA) is 12.0 Å². The van der Waals surface area contributed by atoms with E-state index in [1.807, 2.05) is 11.3 Å². The molecule has 1 aliphatic heterocycles. The first-order chi connectivity index (χ1) is 12.9. The predicted molar refractivity (Wildman–Crippen MR) is 111 cm³/mol. The van der Waals surface area contributed by atoms with Gasteiger partial charge < -0.3 is 5.32 Å². The zero-order valence-electron chi connectivity index (χ0n) is 14.5. The van der Waals surface area contributed by atoms with Gasteiger partial charge in [0.25, 0.3) is 0 Å². The number of hydrogen-bond acceptors (Lipinski definition) is 2. The van der Waals surface area contributed by atoms with Gasteiger partial charge in [0, 0.05) is 38.7 Å². The zero-order valence-corrected chi connectivity index (χ0v) is 15.3. The molecule has 1 atom stereocenters. The van der Waals surface area contributed by atoms with E-state index in [0.29, 0.717) is 5.92 Å². The molecule has 1 unspecified atom stereocenters. The van der Waals surface area contributed by atoms with Crippen molar-refractivity contribution < 1.29 is 0 Å². The van der Waals surface area contributed by atoms with Gasteiger partial charge in [-0.05, 0) is 41.2 Å². The molecule has 1 N–H and O–H groups in total. The standard InChI is InChI=1S/C24H19NS/c1-2-10-17-16(9-1)21-18-11-3-4-13-20(18)26-24(21)22(17)19-12-5-7-15-8-6-14-25-23(15)19/h1-5,7,9-13,22,25H,6,8,14H2. The maximum absolute atomic E-state index is 3.71. The molecule has 0 saturated carbocycles. The molecular formula is C24H19NS. The van der Waals surface area contributed by atoms with E-state index in [4.69, 9.17) is 0 Å². The van der Waals surface area contributed by atoms with E-state index in [9.17, 15) is 0 Å². The minimum Gasteiger partial charge on any atom is -0.385 e. The van der Waals surface area contributed by atoms with Gasteiger partial charge in [-0.1, -0.05) is 60.7 Å². The van der Waals surface area contributed by atoms with Crippen LogP contribution in [-0.2, 0) is 6.42 Å². The molecular weight excluding hydrogens is 334 g/mol. The Kier molecular flexibility index (Phi) is 3.06. The van der Waals surface area contributed by atoms with Crippen molar-refractivity contribution in [1.29, 1.82) is 0 Å². The summed E-state index contributed by atoms with van der Waals surface area (Å²) in [6, 6.07) is 24.7. The predicted octanol–water partition coefficient (Wildman–Crippen LogP) is 6.42. The van der Waals surface area contributed by atoms with Gasteiger partial charge in [0.15, 0.2) is 0 Å². The van der Waals surface area contributed by atoms with Crippen molar-refractivity contribution >= 4 is 27.1 Å². The van der Waals surface area contributed by atoms with Crippen LogP contribution in [0.5, 0.6) is 0 Å². The van der Waals surface area contributed by atoms with Gasteiger partial charge in [-0.3, -0.25) is 0 Å². The molecule has 2 heteroatoms. The number of aryl methyl sites for hydroxylation is 1. The van der Waals surface area contributed by atoms with Gasteiger partial charge in [-0.2, -0.15) is 0 Å². The maximum Gasteiger partial charge on any atom is 0.0467 e. The first-order valence-electron chi connectivity index (χ1n) is 9.38. The summed E-state index contributed by atoms with van der Waals surface area (Å²) in [6.45, 7) is 1.08. The molecule has 1 aliphatic carbocycles. The Hall–Kier alpha value is -2.58. The van der Waals surface area contributed by atoms with Crippen molar-refractivity contribution in [3.8, 4) is 11.1 Å². The minimum absolute atomic E-state index is 0.346. The Morgan fingerprint density at radius 1 is 0.846 bits per heavy atom. The van der Waals surface area contributed by atoms with E-state index in [1.54, 1.807) is 0 Å². The molecule has 0 amide bonds. The Bertz CT molecular complexity index is 1150. The van der Waals surface area contributed by atoms with Gasteiger partial charge in [0.1, 0.15) is 0 Å². The lowest BCUT2D eigenvalue weighted by molar-refractivity contribution is 0.821. The largest absolute Gasteiger partial charge is 0.385 e. The number of rotatable bonds is 1. The normalized spacial score (nSPS) is 17.5. The van der Waals surface area contributed by atoms with E-state index in [-0.39, 0.29) is 0 Å². The molecule has 0 saturated heterocycles. The summed E-state index contributed by atoms with van der Waals surface area (Å²) >= 11 is 1.97. The van der Waals surface area contributed by atoms with E-state index < -0.39 is 0 Å². The molecule has 26 heavy (non-hydrogen) atoms. The highest BCUT2D eigenvalue weighted by Crippen LogP contribution is 2.55. The zero-order chi connectivity index (χ0) is 17.1. The fourth-order valence-corrected chi connectivity index (χ4v) is 6.11. The second-order valence-corrected chi connectivity index (χ2v) is 8.35. The number of nitrogens with one attached hydrogen (secondary N) is 1. The van der Waals surface area contributed by atoms with Crippen LogP contribution in [0.25, 0.3) is 21.2 Å². The maximum atomic E-state index is 3.71. The molecule has 4 aromatic rings. The first-order valence-corrected chi connectivity index (χ1v) is 10.2. The summed E-state index contributed by atoms with van der Waals surface area (Å²) in [5.74, 6) is 0.346. The average Bonchev–Trinajstić information content (AvgIpc) is 3.22. The van der Waals surface area contributed by atoms with Gasteiger partial charge in [0.05, 0.1) is 0 Å². The lowest BCUT2D eigenvalue weighted by atomic mass is 9.88. The molecule has 6 rings (SSSR count). The first kappa shape index (κ1) is 14.6. The fraction of sp³-hybridized carbons (Fsp3) is 0.167. The molecule has 0 fully saturated rings. The fourth-order valence-electron chi connectivity index (χ4n) is 4.75. The highest BCUT2D eigenvalue weighted by molar-refractivity contribution is 7.20. The van der Waals surface area contributed by atoms with Crippen molar-refractivity contribution in [1.82, 2.24) is 0 Å². The monoisotopic (exact) mass is 353 g/mol. The Morgan fingerprint density at radius 3 is 2.69 bits per heavy atom. The second kappa shape index (κ2) is 5.46. The van der Waals surface area contributed by atoms with Crippen LogP contribution in [-0.4, -0.2) is 6.54 Å². The van der Waals surface area contributed by atoms with Crippen molar-refractivity contribution in [2.75, 3.05) is 11.9 Å². The van der Waals surface area contributed by atoms with Crippen LogP contribution < -0.4 is 5.32 Å². The molecule has 126 valence electrons. The minimum atomic E-state index is 0.346. The summed E-state index contributed by atoms with van der Waals surface area (Å²) in [5, 5.41) is 5.11. The Labute approximate surface area is 157 Å². The molecule has 2 heterocycles. The van der Waals surface area contributed by atoms with E-state index >= 15 is 0 Å². The van der Waals surface area contributed by atoms with Crippen LogP contribution in [0.15, 0.2) is 66.7 Å². The second-order valence-electron chi connectivity index (χ2n) is 7.27. The summed E-state index contributed by atoms with van der Waals surface area (Å²) < 4.78 is 1.40. The van der Waals surface area contributed by atoms with Crippen molar-refractivity contribution in [2.45, 2.75) is 18.8 Å². The molecule has 0 radical (unpaired) electrons. The van der Waals surface area contributed by atoms with Crippen molar-refractivity contribution in [3.05, 3.63) is 88.3 Å². The molecule has 1 nitrogen and oxygen atoms in total. The van der Waals surface area contributed by atoms with Crippen molar-refractivity contribution in [3.63, 3.8) is 0 Å². The van der Waals surface area contributed by atoms with Gasteiger partial charge in [-0.15, -0.1) is 11.3 Å². The third kappa shape index (κ3) is 1.91. The lowest BCUT2D eigenvalue weighted by Gasteiger charge is -2.24. The summed E-state index contributed by atoms with van der Waals surface area (Å²) in [6.07, 6.45) is 2.41. The van der Waals surface area contributed by atoms with E-state index in [2.05, 4.69) is 72.0 Å². The number of anilines is 1. The van der Waals surface area contributed by atoms with Crippen LogP contribution in [0.3, 0.4) is 0 Å². The Morgan fingerprint density at radius 2 is 1.69 bits per heavy atom. The quantitative estimate of drug-likeness (QED) is 0.367. The molecule has 2 aliphatic rings. The SMILES string of the molecule is c1ccc2c(c1)-c1c(sc3ccccc13)C2c1cccc2c1NCCC2. The summed E-state index contributed by atoms with van der Waals surface area (Å²) in [4.78, 5) is 1.51. The molecule has 1 aromatic heterocycles. The number of para-hydroxylation sites is 1. The van der Waals surface area contributed by atoms with E-state index in [0.717, 1.165) is 6.54 Å². The van der Waals surface area contributed by atoms with Gasteiger partial charge in [-0.25, -0.2) is 0 Å².